The van der Waals surface area contributed by atoms with Gasteiger partial charge in [-0.25, -0.2) is 13.1 Å². The van der Waals surface area contributed by atoms with Crippen LogP contribution in [0.4, 0.5) is 0 Å². The molecule has 1 fully saturated rings. The van der Waals surface area contributed by atoms with Crippen molar-refractivity contribution in [1.82, 2.24) is 24.5 Å². The summed E-state index contributed by atoms with van der Waals surface area (Å²) in [5.74, 6) is 0. The van der Waals surface area contributed by atoms with Gasteiger partial charge in [0, 0.05) is 18.3 Å². The van der Waals surface area contributed by atoms with E-state index in [-0.39, 0.29) is 12.1 Å². The van der Waals surface area contributed by atoms with Gasteiger partial charge in [0.25, 0.3) is 0 Å². The first-order valence-corrected chi connectivity index (χ1v) is 11.8. The van der Waals surface area contributed by atoms with Gasteiger partial charge in [-0.15, -0.1) is 21.5 Å². The van der Waals surface area contributed by atoms with Gasteiger partial charge < -0.3 is 4.57 Å². The summed E-state index contributed by atoms with van der Waals surface area (Å²) < 4.78 is 31.2. The molecule has 1 aliphatic carbocycles. The fourth-order valence-electron chi connectivity index (χ4n) is 3.85. The van der Waals surface area contributed by atoms with E-state index in [1.165, 1.54) is 0 Å². The minimum atomic E-state index is -3.58. The summed E-state index contributed by atoms with van der Waals surface area (Å²) in [5, 5.41) is 7.73. The van der Waals surface area contributed by atoms with Crippen molar-refractivity contribution in [3.05, 3.63) is 48.1 Å². The molecule has 2 heterocycles. The van der Waals surface area contributed by atoms with Crippen LogP contribution in [0, 0.1) is 0 Å². The molecule has 2 unspecified atom stereocenters. The van der Waals surface area contributed by atoms with Crippen molar-refractivity contribution >= 4 is 21.4 Å². The quantitative estimate of drug-likeness (QED) is 0.664. The number of rotatable bonds is 6. The Bertz CT molecular complexity index is 1020. The van der Waals surface area contributed by atoms with E-state index in [2.05, 4.69) is 19.9 Å². The lowest BCUT2D eigenvalue weighted by molar-refractivity contribution is 0.305. The maximum Gasteiger partial charge on any atom is 0.241 e. The van der Waals surface area contributed by atoms with Crippen LogP contribution in [0.25, 0.3) is 10.4 Å². The van der Waals surface area contributed by atoms with Gasteiger partial charge in [0.05, 0.1) is 15.3 Å². The molecule has 2 aromatic heterocycles. The van der Waals surface area contributed by atoms with Crippen LogP contribution in [-0.2, 0) is 16.4 Å². The zero-order chi connectivity index (χ0) is 19.6. The molecule has 0 spiro atoms. The number of nitrogens with one attached hydrogen (secondary N) is 1. The van der Waals surface area contributed by atoms with Crippen LogP contribution >= 0.6 is 11.3 Å². The van der Waals surface area contributed by atoms with Gasteiger partial charge in [-0.3, -0.25) is 4.98 Å². The molecule has 148 valence electrons. The Morgan fingerprint density at radius 1 is 1.25 bits per heavy atom. The van der Waals surface area contributed by atoms with Crippen LogP contribution < -0.4 is 4.72 Å². The van der Waals surface area contributed by atoms with Gasteiger partial charge in [0.1, 0.15) is 12.7 Å². The van der Waals surface area contributed by atoms with E-state index in [1.54, 1.807) is 41.8 Å². The lowest BCUT2D eigenvalue weighted by Crippen LogP contribution is -2.39. The van der Waals surface area contributed by atoms with Gasteiger partial charge in [-0.1, -0.05) is 13.0 Å². The summed E-state index contributed by atoms with van der Waals surface area (Å²) in [6.07, 6.45) is 9.44. The van der Waals surface area contributed by atoms with E-state index in [1.807, 2.05) is 23.6 Å². The molecule has 1 aromatic carbocycles. The minimum Gasteiger partial charge on any atom is -0.317 e. The number of nitrogens with zero attached hydrogens (tertiary/aromatic N) is 4. The van der Waals surface area contributed by atoms with Gasteiger partial charge in [-0.2, -0.15) is 0 Å². The molecule has 1 N–H and O–H groups in total. The fraction of sp³-hybridized carbons (Fsp3) is 0.421. The monoisotopic (exact) mass is 417 g/mol. The van der Waals surface area contributed by atoms with E-state index >= 15 is 0 Å². The summed E-state index contributed by atoms with van der Waals surface area (Å²) in [7, 11) is -3.58. The lowest BCUT2D eigenvalue weighted by Gasteiger charge is -2.30. The van der Waals surface area contributed by atoms with Crippen LogP contribution in [0.1, 0.15) is 44.2 Å². The lowest BCUT2D eigenvalue weighted by atomic mass is 9.91. The average Bonchev–Trinajstić information content (AvgIpc) is 3.41. The predicted octanol–water partition coefficient (Wildman–Crippen LogP) is 3.43. The van der Waals surface area contributed by atoms with Crippen molar-refractivity contribution in [2.45, 2.75) is 56.0 Å². The Balaban J connectivity index is 1.54. The molecule has 28 heavy (non-hydrogen) atoms. The third-order valence-electron chi connectivity index (χ3n) is 5.27. The third-order valence-corrected chi connectivity index (χ3v) is 7.72. The van der Waals surface area contributed by atoms with Gasteiger partial charge >= 0.3 is 0 Å². The summed E-state index contributed by atoms with van der Waals surface area (Å²) in [6.45, 7) is 1.98. The van der Waals surface area contributed by atoms with Crippen molar-refractivity contribution in [2.24, 2.45) is 0 Å². The molecular formula is C19H23N5O2S2. The first kappa shape index (κ1) is 19.2. The summed E-state index contributed by atoms with van der Waals surface area (Å²) >= 11 is 1.55. The van der Waals surface area contributed by atoms with E-state index in [9.17, 15) is 8.42 Å². The standard InChI is InChI=1S/C19H23N5O2S2/c1-2-14-8-15(18-10-20-13-27-18)6-7-19(14)28(25,26)23-16-4-3-5-17(9-16)24-11-21-22-12-24/h6-8,10-13,16-17,23H,2-5,9H2,1H3. The van der Waals surface area contributed by atoms with E-state index in [4.69, 9.17) is 0 Å². The number of hydrogen-bond donors (Lipinski definition) is 1. The van der Waals surface area contributed by atoms with Crippen LogP contribution in [0.2, 0.25) is 0 Å². The fourth-order valence-corrected chi connectivity index (χ4v) is 6.05. The molecule has 1 aliphatic rings. The number of thiazole rings is 1. The maximum absolute atomic E-state index is 13.1. The molecular weight excluding hydrogens is 394 g/mol. The zero-order valence-electron chi connectivity index (χ0n) is 15.7. The van der Waals surface area contributed by atoms with E-state index < -0.39 is 10.0 Å². The van der Waals surface area contributed by atoms with Crippen LogP contribution in [0.5, 0.6) is 0 Å². The molecule has 0 amide bonds. The predicted molar refractivity (Wildman–Crippen MR) is 109 cm³/mol. The Labute approximate surface area is 168 Å². The molecule has 9 heteroatoms. The van der Waals surface area contributed by atoms with Crippen molar-refractivity contribution in [3.63, 3.8) is 0 Å². The summed E-state index contributed by atoms with van der Waals surface area (Å²) in [4.78, 5) is 5.52. The molecule has 0 aliphatic heterocycles. The zero-order valence-corrected chi connectivity index (χ0v) is 17.3. The molecule has 0 saturated heterocycles. The highest BCUT2D eigenvalue weighted by atomic mass is 32.2. The Kier molecular flexibility index (Phi) is 5.56. The molecule has 7 nitrogen and oxygen atoms in total. The third kappa shape index (κ3) is 4.01. The molecule has 0 bridgehead atoms. The van der Waals surface area contributed by atoms with Crippen molar-refractivity contribution in [3.8, 4) is 10.4 Å². The van der Waals surface area contributed by atoms with Crippen LogP contribution in [0.15, 0.2) is 47.5 Å². The van der Waals surface area contributed by atoms with Crippen molar-refractivity contribution in [2.75, 3.05) is 0 Å². The molecule has 3 aromatic rings. The van der Waals surface area contributed by atoms with Crippen molar-refractivity contribution < 1.29 is 8.42 Å². The highest BCUT2D eigenvalue weighted by molar-refractivity contribution is 7.89. The average molecular weight is 418 g/mol. The summed E-state index contributed by atoms with van der Waals surface area (Å²) in [5.41, 5.74) is 3.61. The second-order valence-electron chi connectivity index (χ2n) is 7.09. The number of sulfonamides is 1. The van der Waals surface area contributed by atoms with E-state index in [0.29, 0.717) is 11.3 Å². The minimum absolute atomic E-state index is 0.0861. The van der Waals surface area contributed by atoms with Crippen molar-refractivity contribution in [1.29, 1.82) is 0 Å². The first-order chi connectivity index (χ1) is 13.6. The SMILES string of the molecule is CCc1cc(-c2cncs2)ccc1S(=O)(=O)NC1CCCC(n2cnnc2)C1. The Hall–Kier alpha value is -2.10. The Morgan fingerprint density at radius 2 is 2.07 bits per heavy atom. The number of aryl methyl sites for hydroxylation is 1. The molecule has 2 atom stereocenters. The molecule has 1 saturated carbocycles. The second-order valence-corrected chi connectivity index (χ2v) is 9.66. The normalized spacial score (nSPS) is 20.3. The van der Waals surface area contributed by atoms with E-state index in [0.717, 1.165) is 41.7 Å². The number of benzene rings is 1. The molecule has 0 radical (unpaired) electrons. The first-order valence-electron chi connectivity index (χ1n) is 9.45. The Morgan fingerprint density at radius 3 is 2.79 bits per heavy atom. The van der Waals surface area contributed by atoms with Crippen LogP contribution in [0.3, 0.4) is 0 Å². The second kappa shape index (κ2) is 8.10. The maximum atomic E-state index is 13.1. The smallest absolute Gasteiger partial charge is 0.241 e. The van der Waals surface area contributed by atoms with Gasteiger partial charge in [0.15, 0.2) is 0 Å². The van der Waals surface area contributed by atoms with Gasteiger partial charge in [0.2, 0.25) is 10.0 Å². The highest BCUT2D eigenvalue weighted by Gasteiger charge is 2.28. The number of hydrogen-bond acceptors (Lipinski definition) is 6. The number of aromatic nitrogens is 4. The largest absolute Gasteiger partial charge is 0.317 e. The molecule has 4 rings (SSSR count). The highest BCUT2D eigenvalue weighted by Crippen LogP contribution is 2.31. The van der Waals surface area contributed by atoms with Gasteiger partial charge in [-0.05, 0) is 55.4 Å². The topological polar surface area (TPSA) is 89.8 Å². The van der Waals surface area contributed by atoms with Crippen LogP contribution in [-0.4, -0.2) is 34.2 Å². The summed E-state index contributed by atoms with van der Waals surface area (Å²) in [6, 6.07) is 5.69.